The molecule has 2 aliphatic rings. The smallest absolute Gasteiger partial charge is 0.317 e. The van der Waals surface area contributed by atoms with Crippen molar-refractivity contribution in [3.8, 4) is 0 Å². The van der Waals surface area contributed by atoms with Gasteiger partial charge in [-0.05, 0) is 31.1 Å². The van der Waals surface area contributed by atoms with Crippen molar-refractivity contribution in [3.05, 3.63) is 0 Å². The summed E-state index contributed by atoms with van der Waals surface area (Å²) >= 11 is 0. The molecule has 0 saturated heterocycles. The summed E-state index contributed by atoms with van der Waals surface area (Å²) in [5.41, 5.74) is 0. The zero-order chi connectivity index (χ0) is 12.3. The summed E-state index contributed by atoms with van der Waals surface area (Å²) in [5.74, 6) is 1.26. The second-order valence-electron chi connectivity index (χ2n) is 5.60. The molecular formula is C13H24N2O2. The van der Waals surface area contributed by atoms with Gasteiger partial charge in [-0.25, -0.2) is 4.79 Å². The van der Waals surface area contributed by atoms with E-state index >= 15 is 0 Å². The van der Waals surface area contributed by atoms with Crippen LogP contribution in [0.2, 0.25) is 0 Å². The molecule has 0 aromatic heterocycles. The predicted octanol–water partition coefficient (Wildman–Crippen LogP) is 1.59. The van der Waals surface area contributed by atoms with E-state index in [1.165, 1.54) is 19.3 Å². The molecule has 0 bridgehead atoms. The minimum atomic E-state index is -0.336. The van der Waals surface area contributed by atoms with E-state index in [4.69, 9.17) is 0 Å². The van der Waals surface area contributed by atoms with E-state index < -0.39 is 0 Å². The highest BCUT2D eigenvalue weighted by Gasteiger charge is 2.31. The molecule has 4 nitrogen and oxygen atoms in total. The van der Waals surface area contributed by atoms with Gasteiger partial charge in [0.15, 0.2) is 0 Å². The number of hydrogen-bond donors (Lipinski definition) is 2. The van der Waals surface area contributed by atoms with Crippen LogP contribution >= 0.6 is 0 Å². The van der Waals surface area contributed by atoms with Crippen LogP contribution in [0.1, 0.15) is 38.5 Å². The largest absolute Gasteiger partial charge is 0.391 e. The maximum atomic E-state index is 11.7. The van der Waals surface area contributed by atoms with Crippen molar-refractivity contribution in [1.29, 1.82) is 0 Å². The number of urea groups is 1. The number of nitrogens with one attached hydrogen (secondary N) is 1. The van der Waals surface area contributed by atoms with Gasteiger partial charge >= 0.3 is 6.03 Å². The molecule has 0 aromatic rings. The van der Waals surface area contributed by atoms with Crippen molar-refractivity contribution in [1.82, 2.24) is 10.2 Å². The first kappa shape index (κ1) is 12.7. The molecule has 2 N–H and O–H groups in total. The first-order chi connectivity index (χ1) is 8.16. The summed E-state index contributed by atoms with van der Waals surface area (Å²) in [6, 6.07) is -0.0518. The van der Waals surface area contributed by atoms with Gasteiger partial charge < -0.3 is 15.3 Å². The summed E-state index contributed by atoms with van der Waals surface area (Å²) in [6.07, 6.45) is 6.99. The minimum absolute atomic E-state index is 0.0518. The fourth-order valence-electron chi connectivity index (χ4n) is 2.29. The van der Waals surface area contributed by atoms with Crippen LogP contribution in [0.5, 0.6) is 0 Å². The highest BCUT2D eigenvalue weighted by atomic mass is 16.3. The number of likely N-dealkylation sites (N-methyl/N-ethyl adjacent to an activating group) is 1. The number of nitrogens with zero attached hydrogens (tertiary/aromatic N) is 1. The number of aliphatic hydroxyl groups excluding tert-OH is 1. The Balaban J connectivity index is 1.56. The van der Waals surface area contributed by atoms with E-state index in [-0.39, 0.29) is 12.1 Å². The van der Waals surface area contributed by atoms with Crippen LogP contribution in [0.15, 0.2) is 0 Å². The minimum Gasteiger partial charge on any atom is -0.391 e. The molecule has 0 heterocycles. The zero-order valence-corrected chi connectivity index (χ0v) is 10.7. The molecule has 2 rings (SSSR count). The molecular weight excluding hydrogens is 216 g/mol. The molecule has 98 valence electrons. The maximum Gasteiger partial charge on any atom is 0.317 e. The summed E-state index contributed by atoms with van der Waals surface area (Å²) in [5, 5.41) is 12.7. The van der Waals surface area contributed by atoms with E-state index in [9.17, 15) is 9.90 Å². The third-order valence-corrected chi connectivity index (χ3v) is 4.03. The highest BCUT2D eigenvalue weighted by molar-refractivity contribution is 5.73. The lowest BCUT2D eigenvalue weighted by Gasteiger charge is -2.26. The van der Waals surface area contributed by atoms with Crippen molar-refractivity contribution < 1.29 is 9.90 Å². The molecule has 0 spiro atoms. The number of carbonyl (C=O) groups excluding carboxylic acids is 1. The van der Waals surface area contributed by atoms with Crippen molar-refractivity contribution >= 4 is 6.03 Å². The first-order valence-corrected chi connectivity index (χ1v) is 6.84. The van der Waals surface area contributed by atoms with Crippen LogP contribution < -0.4 is 5.32 Å². The Morgan fingerprint density at radius 2 is 2.12 bits per heavy atom. The third-order valence-electron chi connectivity index (χ3n) is 4.03. The molecule has 0 radical (unpaired) electrons. The molecule has 1 atom stereocenters. The van der Waals surface area contributed by atoms with Crippen molar-refractivity contribution in [3.63, 3.8) is 0 Å². The molecule has 4 heteroatoms. The number of rotatable bonds is 6. The van der Waals surface area contributed by atoms with Gasteiger partial charge in [-0.15, -0.1) is 0 Å². The number of amides is 2. The lowest BCUT2D eigenvalue weighted by atomic mass is 9.83. The average Bonchev–Trinajstić information content (AvgIpc) is 3.04. The number of hydrogen-bond acceptors (Lipinski definition) is 2. The quantitative estimate of drug-likeness (QED) is 0.740. The van der Waals surface area contributed by atoms with Crippen molar-refractivity contribution in [2.45, 2.75) is 44.6 Å². The van der Waals surface area contributed by atoms with E-state index in [2.05, 4.69) is 5.32 Å². The van der Waals surface area contributed by atoms with Crippen molar-refractivity contribution in [2.24, 2.45) is 11.8 Å². The van der Waals surface area contributed by atoms with Gasteiger partial charge in [-0.2, -0.15) is 0 Å². The monoisotopic (exact) mass is 240 g/mol. The normalized spacial score (nSPS) is 21.8. The lowest BCUT2D eigenvalue weighted by molar-refractivity contribution is 0.113. The second kappa shape index (κ2) is 5.71. The maximum absolute atomic E-state index is 11.7. The van der Waals surface area contributed by atoms with Crippen LogP contribution in [0.3, 0.4) is 0 Å². The second-order valence-corrected chi connectivity index (χ2v) is 5.60. The Morgan fingerprint density at radius 1 is 1.41 bits per heavy atom. The van der Waals surface area contributed by atoms with Gasteiger partial charge in [-0.1, -0.05) is 19.3 Å². The van der Waals surface area contributed by atoms with Crippen LogP contribution in [-0.4, -0.2) is 42.3 Å². The summed E-state index contributed by atoms with van der Waals surface area (Å²) in [7, 11) is 1.75. The fourth-order valence-corrected chi connectivity index (χ4v) is 2.29. The molecule has 17 heavy (non-hydrogen) atoms. The predicted molar refractivity (Wildman–Crippen MR) is 66.7 cm³/mol. The van der Waals surface area contributed by atoms with Gasteiger partial charge in [0.2, 0.25) is 0 Å². The van der Waals surface area contributed by atoms with Gasteiger partial charge in [0.25, 0.3) is 0 Å². The van der Waals surface area contributed by atoms with Gasteiger partial charge in [0.1, 0.15) is 0 Å². The van der Waals surface area contributed by atoms with Crippen LogP contribution in [0, 0.1) is 11.8 Å². The standard InChI is InChI=1S/C13H24N2O2/c1-15(9-12(16)11-5-6-11)13(17)14-8-7-10-3-2-4-10/h10-12,16H,2-9H2,1H3,(H,14,17). The summed E-state index contributed by atoms with van der Waals surface area (Å²) in [6.45, 7) is 1.23. The van der Waals surface area contributed by atoms with E-state index in [1.807, 2.05) is 0 Å². The molecule has 2 fully saturated rings. The SMILES string of the molecule is CN(CC(O)C1CC1)C(=O)NCCC1CCC1. The number of carbonyl (C=O) groups is 1. The van der Waals surface area contributed by atoms with Crippen LogP contribution in [-0.2, 0) is 0 Å². The Bertz CT molecular complexity index is 262. The molecule has 2 amide bonds. The Labute approximate surface area is 103 Å². The van der Waals surface area contributed by atoms with Crippen LogP contribution in [0.25, 0.3) is 0 Å². The van der Waals surface area contributed by atoms with Gasteiger partial charge in [0.05, 0.1) is 6.10 Å². The van der Waals surface area contributed by atoms with Gasteiger partial charge in [0, 0.05) is 20.1 Å². The third kappa shape index (κ3) is 3.87. The van der Waals surface area contributed by atoms with E-state index in [0.717, 1.165) is 31.7 Å². The lowest BCUT2D eigenvalue weighted by Crippen LogP contribution is -2.42. The fraction of sp³-hybridized carbons (Fsp3) is 0.923. The topological polar surface area (TPSA) is 52.6 Å². The van der Waals surface area contributed by atoms with Gasteiger partial charge in [-0.3, -0.25) is 0 Å². The molecule has 0 aliphatic heterocycles. The Hall–Kier alpha value is -0.770. The van der Waals surface area contributed by atoms with Crippen molar-refractivity contribution in [2.75, 3.05) is 20.1 Å². The van der Waals surface area contributed by atoms with E-state index in [1.54, 1.807) is 11.9 Å². The highest BCUT2D eigenvalue weighted by Crippen LogP contribution is 2.32. The molecule has 0 aromatic carbocycles. The summed E-state index contributed by atoms with van der Waals surface area (Å²) in [4.78, 5) is 13.3. The summed E-state index contributed by atoms with van der Waals surface area (Å²) < 4.78 is 0. The zero-order valence-electron chi connectivity index (χ0n) is 10.7. The Morgan fingerprint density at radius 3 is 2.65 bits per heavy atom. The Kier molecular flexibility index (Phi) is 4.26. The van der Waals surface area contributed by atoms with E-state index in [0.29, 0.717) is 12.5 Å². The first-order valence-electron chi connectivity index (χ1n) is 6.84. The average molecular weight is 240 g/mol. The molecule has 1 unspecified atom stereocenters. The number of aliphatic hydroxyl groups is 1. The molecule has 2 aliphatic carbocycles. The molecule has 2 saturated carbocycles. The van der Waals surface area contributed by atoms with Crippen LogP contribution in [0.4, 0.5) is 4.79 Å².